The van der Waals surface area contributed by atoms with Crippen LogP contribution in [0.15, 0.2) is 0 Å². The number of fused-ring (bicyclic) bond motifs is 2. The number of rotatable bonds is 2. The van der Waals surface area contributed by atoms with Crippen LogP contribution in [0.1, 0.15) is 32.1 Å². The lowest BCUT2D eigenvalue weighted by Gasteiger charge is -2.38. The maximum atomic E-state index is 12.8. The average Bonchev–Trinajstić information content (AvgIpc) is 3.04. The first-order valence-electron chi connectivity index (χ1n) is 7.95. The Balaban J connectivity index is 1.63. The molecular formula is C15H25N3O3. The molecule has 3 fully saturated rings. The summed E-state index contributed by atoms with van der Waals surface area (Å²) in [5.41, 5.74) is 0. The Morgan fingerprint density at radius 3 is 2.29 bits per heavy atom. The maximum Gasteiger partial charge on any atom is 0.320 e. The van der Waals surface area contributed by atoms with Crippen molar-refractivity contribution in [3.63, 3.8) is 0 Å². The fraction of sp³-hybridized carbons (Fsp3) is 0.867. The van der Waals surface area contributed by atoms with Crippen molar-refractivity contribution < 1.29 is 14.7 Å². The number of hydrogen-bond acceptors (Lipinski definition) is 3. The van der Waals surface area contributed by atoms with Crippen LogP contribution in [-0.4, -0.2) is 77.1 Å². The van der Waals surface area contributed by atoms with Crippen molar-refractivity contribution in [1.29, 1.82) is 0 Å². The first-order chi connectivity index (χ1) is 9.99. The molecule has 3 heterocycles. The molecule has 1 N–H and O–H groups in total. The largest absolute Gasteiger partial charge is 0.481 e. The Hall–Kier alpha value is -1.30. The lowest BCUT2D eigenvalue weighted by Crippen LogP contribution is -2.51. The highest BCUT2D eigenvalue weighted by Crippen LogP contribution is 2.42. The molecule has 0 spiro atoms. The third-order valence-corrected chi connectivity index (χ3v) is 5.54. The highest BCUT2D eigenvalue weighted by atomic mass is 16.4. The zero-order chi connectivity index (χ0) is 15.1. The summed E-state index contributed by atoms with van der Waals surface area (Å²) in [6.07, 6.45) is 4.46. The van der Waals surface area contributed by atoms with Crippen molar-refractivity contribution in [2.24, 2.45) is 5.92 Å². The number of aliphatic carboxylic acids is 1. The monoisotopic (exact) mass is 295 g/mol. The number of piperidine rings is 1. The van der Waals surface area contributed by atoms with Crippen LogP contribution in [0.5, 0.6) is 0 Å². The zero-order valence-electron chi connectivity index (χ0n) is 12.9. The number of carboxylic acid groups (broad SMARTS) is 1. The van der Waals surface area contributed by atoms with Gasteiger partial charge in [-0.2, -0.15) is 0 Å². The van der Waals surface area contributed by atoms with E-state index in [4.69, 9.17) is 0 Å². The van der Waals surface area contributed by atoms with Crippen LogP contribution in [-0.2, 0) is 4.79 Å². The van der Waals surface area contributed by atoms with E-state index < -0.39 is 5.97 Å². The van der Waals surface area contributed by atoms with Gasteiger partial charge in [0, 0.05) is 31.2 Å². The summed E-state index contributed by atoms with van der Waals surface area (Å²) in [5.74, 6) is -1.10. The molecule has 3 rings (SSSR count). The fourth-order valence-electron chi connectivity index (χ4n) is 4.29. The maximum absolute atomic E-state index is 12.8. The van der Waals surface area contributed by atoms with Crippen molar-refractivity contribution in [1.82, 2.24) is 14.7 Å². The van der Waals surface area contributed by atoms with Crippen LogP contribution >= 0.6 is 0 Å². The molecule has 3 aliphatic heterocycles. The molecule has 3 aliphatic rings. The topological polar surface area (TPSA) is 64.1 Å². The Labute approximate surface area is 125 Å². The van der Waals surface area contributed by atoms with Gasteiger partial charge in [-0.3, -0.25) is 4.79 Å². The highest BCUT2D eigenvalue weighted by molar-refractivity contribution is 5.79. The molecule has 6 heteroatoms. The van der Waals surface area contributed by atoms with Gasteiger partial charge >= 0.3 is 12.0 Å². The van der Waals surface area contributed by atoms with E-state index in [1.807, 2.05) is 9.80 Å². The molecule has 0 radical (unpaired) electrons. The lowest BCUT2D eigenvalue weighted by atomic mass is 9.89. The molecule has 0 aromatic carbocycles. The van der Waals surface area contributed by atoms with Crippen LogP contribution < -0.4 is 0 Å². The van der Waals surface area contributed by atoms with Crippen molar-refractivity contribution in [3.8, 4) is 0 Å². The van der Waals surface area contributed by atoms with Crippen LogP contribution in [0.25, 0.3) is 0 Å². The second-order valence-electron chi connectivity index (χ2n) is 6.85. The summed E-state index contributed by atoms with van der Waals surface area (Å²) < 4.78 is 0. The van der Waals surface area contributed by atoms with Crippen LogP contribution in [0.4, 0.5) is 4.79 Å². The Kier molecular flexibility index (Phi) is 3.82. The molecule has 3 atom stereocenters. The predicted octanol–water partition coefficient (Wildman–Crippen LogP) is 1.07. The number of hydrogen-bond donors (Lipinski definition) is 1. The summed E-state index contributed by atoms with van der Waals surface area (Å²) in [5, 5.41) is 9.28. The molecule has 0 aromatic heterocycles. The first-order valence-corrected chi connectivity index (χ1v) is 7.95. The fourth-order valence-corrected chi connectivity index (χ4v) is 4.29. The van der Waals surface area contributed by atoms with Crippen molar-refractivity contribution in [2.45, 2.75) is 50.2 Å². The normalized spacial score (nSPS) is 33.0. The molecule has 2 bridgehead atoms. The minimum atomic E-state index is -0.744. The summed E-state index contributed by atoms with van der Waals surface area (Å²) in [7, 11) is 4.17. The van der Waals surface area contributed by atoms with E-state index in [1.54, 1.807) is 0 Å². The number of carbonyl (C=O) groups is 2. The number of carboxylic acids is 1. The summed E-state index contributed by atoms with van der Waals surface area (Å²) >= 11 is 0. The number of likely N-dealkylation sites (tertiary alicyclic amines) is 1. The molecule has 21 heavy (non-hydrogen) atoms. The summed E-state index contributed by atoms with van der Waals surface area (Å²) in [6, 6.07) is 0.696. The van der Waals surface area contributed by atoms with E-state index in [-0.39, 0.29) is 24.0 Å². The molecular weight excluding hydrogens is 270 g/mol. The Bertz CT molecular complexity index is 432. The standard InChI is InChI=1S/C15H25N3O3/c1-16(2)10-5-7-17(8-6-10)15(21)18-11-3-4-13(18)12(9-11)14(19)20/h10-13H,3-9H2,1-2H3,(H,19,20). The number of carbonyl (C=O) groups excluding carboxylic acids is 1. The van der Waals surface area contributed by atoms with Gasteiger partial charge in [-0.05, 0) is 46.2 Å². The van der Waals surface area contributed by atoms with Gasteiger partial charge in [-0.25, -0.2) is 4.79 Å². The second kappa shape index (κ2) is 5.48. The van der Waals surface area contributed by atoms with E-state index in [0.717, 1.165) is 38.8 Å². The van der Waals surface area contributed by atoms with E-state index in [9.17, 15) is 14.7 Å². The van der Waals surface area contributed by atoms with E-state index in [0.29, 0.717) is 12.5 Å². The van der Waals surface area contributed by atoms with Gasteiger partial charge in [0.05, 0.1) is 5.92 Å². The van der Waals surface area contributed by atoms with Gasteiger partial charge in [0.25, 0.3) is 0 Å². The number of amides is 2. The van der Waals surface area contributed by atoms with Crippen LogP contribution in [0.3, 0.4) is 0 Å². The van der Waals surface area contributed by atoms with E-state index in [1.165, 1.54) is 0 Å². The summed E-state index contributed by atoms with van der Waals surface area (Å²) in [6.45, 7) is 1.57. The predicted molar refractivity (Wildman–Crippen MR) is 78.1 cm³/mol. The van der Waals surface area contributed by atoms with Crippen LogP contribution in [0, 0.1) is 5.92 Å². The molecule has 0 aromatic rings. The third-order valence-electron chi connectivity index (χ3n) is 5.54. The van der Waals surface area contributed by atoms with Gasteiger partial charge in [0.1, 0.15) is 0 Å². The second-order valence-corrected chi connectivity index (χ2v) is 6.85. The molecule has 3 saturated heterocycles. The van der Waals surface area contributed by atoms with Gasteiger partial charge in [-0.15, -0.1) is 0 Å². The molecule has 118 valence electrons. The molecule has 6 nitrogen and oxygen atoms in total. The van der Waals surface area contributed by atoms with Crippen LogP contribution in [0.2, 0.25) is 0 Å². The van der Waals surface area contributed by atoms with Crippen molar-refractivity contribution in [3.05, 3.63) is 0 Å². The van der Waals surface area contributed by atoms with E-state index in [2.05, 4.69) is 19.0 Å². The zero-order valence-corrected chi connectivity index (χ0v) is 12.9. The van der Waals surface area contributed by atoms with Gasteiger partial charge in [0.2, 0.25) is 0 Å². The highest BCUT2D eigenvalue weighted by Gasteiger charge is 2.52. The molecule has 2 amide bonds. The first kappa shape index (κ1) is 14.6. The SMILES string of the molecule is CN(C)C1CCN(C(=O)N2C3CCC2C(C(=O)O)C3)CC1. The van der Waals surface area contributed by atoms with Gasteiger partial charge < -0.3 is 19.8 Å². The summed E-state index contributed by atoms with van der Waals surface area (Å²) in [4.78, 5) is 30.1. The Morgan fingerprint density at radius 1 is 1.10 bits per heavy atom. The minimum absolute atomic E-state index is 0.0726. The number of urea groups is 1. The van der Waals surface area contributed by atoms with E-state index >= 15 is 0 Å². The molecule has 0 aliphatic carbocycles. The van der Waals surface area contributed by atoms with Gasteiger partial charge in [-0.1, -0.05) is 0 Å². The van der Waals surface area contributed by atoms with Crippen molar-refractivity contribution >= 4 is 12.0 Å². The van der Waals surface area contributed by atoms with Gasteiger partial charge in [0.15, 0.2) is 0 Å². The number of nitrogens with zero attached hydrogens (tertiary/aromatic N) is 3. The quantitative estimate of drug-likeness (QED) is 0.827. The molecule has 0 saturated carbocycles. The lowest BCUT2D eigenvalue weighted by molar-refractivity contribution is -0.142. The third kappa shape index (κ3) is 2.50. The molecule has 3 unspecified atom stereocenters. The Morgan fingerprint density at radius 2 is 1.76 bits per heavy atom. The smallest absolute Gasteiger partial charge is 0.320 e. The average molecular weight is 295 g/mol. The van der Waals surface area contributed by atoms with Crippen molar-refractivity contribution in [2.75, 3.05) is 27.2 Å². The minimum Gasteiger partial charge on any atom is -0.481 e.